The molecule has 5 nitrogen and oxygen atoms in total. The van der Waals surface area contributed by atoms with E-state index in [1.165, 1.54) is 12.5 Å². The van der Waals surface area contributed by atoms with Crippen LogP contribution in [0.15, 0.2) is 71.5 Å². The van der Waals surface area contributed by atoms with E-state index >= 15 is 0 Å². The molecule has 0 amide bonds. The van der Waals surface area contributed by atoms with E-state index in [2.05, 4.69) is 34.0 Å². The number of rotatable bonds is 5. The van der Waals surface area contributed by atoms with Crippen LogP contribution in [0.4, 0.5) is 0 Å². The lowest BCUT2D eigenvalue weighted by Crippen LogP contribution is -2.17. The molecule has 3 aromatic carbocycles. The third-order valence-corrected chi connectivity index (χ3v) is 4.69. The Morgan fingerprint density at radius 2 is 1.71 bits per heavy atom. The highest BCUT2D eigenvalue weighted by Crippen LogP contribution is 2.25. The average molecular weight is 373 g/mol. The molecule has 0 atom stereocenters. The van der Waals surface area contributed by atoms with Crippen LogP contribution in [0.25, 0.3) is 21.7 Å². The first kappa shape index (κ1) is 17.8. The Morgan fingerprint density at radius 1 is 0.929 bits per heavy atom. The van der Waals surface area contributed by atoms with Gasteiger partial charge in [0, 0.05) is 10.9 Å². The van der Waals surface area contributed by atoms with E-state index in [-0.39, 0.29) is 12.0 Å². The first-order chi connectivity index (χ1) is 13.6. The van der Waals surface area contributed by atoms with E-state index in [4.69, 9.17) is 4.74 Å². The quantitative estimate of drug-likeness (QED) is 0.538. The van der Waals surface area contributed by atoms with Gasteiger partial charge in [-0.2, -0.15) is 0 Å². The van der Waals surface area contributed by atoms with Crippen LogP contribution in [0.1, 0.15) is 11.1 Å². The van der Waals surface area contributed by atoms with Crippen molar-refractivity contribution in [3.8, 4) is 5.75 Å². The number of carbonyl (C=O) groups is 1. The van der Waals surface area contributed by atoms with E-state index < -0.39 is 5.97 Å². The predicted octanol–water partition coefficient (Wildman–Crippen LogP) is 3.98. The number of methoxy groups -OCH3 is 1. The third-order valence-electron chi connectivity index (χ3n) is 4.69. The van der Waals surface area contributed by atoms with Crippen LogP contribution < -0.4 is 10.3 Å². The molecular formula is C23H19NO4. The molecule has 0 saturated carbocycles. The number of ether oxygens (including phenoxy) is 2. The first-order valence-electron chi connectivity index (χ1n) is 8.96. The molecule has 0 fully saturated rings. The number of esters is 1. The number of aromatic amines is 1. The zero-order chi connectivity index (χ0) is 19.5. The van der Waals surface area contributed by atoms with Gasteiger partial charge in [0.2, 0.25) is 0 Å². The smallest absolute Gasteiger partial charge is 0.310 e. The Labute approximate surface area is 161 Å². The molecule has 0 saturated heterocycles. The summed E-state index contributed by atoms with van der Waals surface area (Å²) in [4.78, 5) is 26.7. The molecular weight excluding hydrogens is 354 g/mol. The molecule has 28 heavy (non-hydrogen) atoms. The zero-order valence-corrected chi connectivity index (χ0v) is 15.4. The number of hydrogen-bond donors (Lipinski definition) is 1. The Balaban J connectivity index is 1.62. The summed E-state index contributed by atoms with van der Waals surface area (Å²) in [5.74, 6) is 0.140. The number of pyridine rings is 1. The molecule has 1 aromatic heterocycles. The predicted molar refractivity (Wildman–Crippen MR) is 109 cm³/mol. The highest BCUT2D eigenvalue weighted by atomic mass is 16.5. The number of aromatic nitrogens is 1. The van der Waals surface area contributed by atoms with Crippen molar-refractivity contribution >= 4 is 27.6 Å². The molecule has 0 aliphatic carbocycles. The molecule has 0 bridgehead atoms. The van der Waals surface area contributed by atoms with E-state index in [0.717, 1.165) is 16.3 Å². The van der Waals surface area contributed by atoms with Gasteiger partial charge in [0.05, 0.1) is 19.0 Å². The van der Waals surface area contributed by atoms with Crippen LogP contribution >= 0.6 is 0 Å². The molecule has 4 aromatic rings. The minimum absolute atomic E-state index is 0.0655. The maximum Gasteiger partial charge on any atom is 0.310 e. The normalized spacial score (nSPS) is 10.9. The number of hydrogen-bond acceptors (Lipinski definition) is 4. The highest BCUT2D eigenvalue weighted by Gasteiger charge is 2.11. The molecule has 0 unspecified atom stereocenters. The SMILES string of the molecule is COC(=O)Cc1cc2cccc(OCc3ccc4ccccc4c3)c2[nH]c1=O. The second kappa shape index (κ2) is 7.56. The van der Waals surface area contributed by atoms with Crippen molar-refractivity contribution in [1.29, 1.82) is 0 Å². The van der Waals surface area contributed by atoms with Crippen LogP contribution in [-0.2, 0) is 22.6 Å². The molecule has 1 heterocycles. The Morgan fingerprint density at radius 3 is 2.54 bits per heavy atom. The molecule has 140 valence electrons. The fraction of sp³-hybridized carbons (Fsp3) is 0.130. The lowest BCUT2D eigenvalue weighted by atomic mass is 10.1. The molecule has 0 aliphatic heterocycles. The van der Waals surface area contributed by atoms with Crippen molar-refractivity contribution in [3.05, 3.63) is 88.2 Å². The second-order valence-corrected chi connectivity index (χ2v) is 6.57. The summed E-state index contributed by atoms with van der Waals surface area (Å²) in [7, 11) is 1.30. The summed E-state index contributed by atoms with van der Waals surface area (Å²) >= 11 is 0. The first-order valence-corrected chi connectivity index (χ1v) is 8.96. The minimum Gasteiger partial charge on any atom is -0.487 e. The van der Waals surface area contributed by atoms with Gasteiger partial charge in [-0.1, -0.05) is 48.5 Å². The number of benzene rings is 3. The maximum absolute atomic E-state index is 12.3. The third kappa shape index (κ3) is 3.60. The lowest BCUT2D eigenvalue weighted by Gasteiger charge is -2.11. The minimum atomic E-state index is -0.450. The van der Waals surface area contributed by atoms with Crippen molar-refractivity contribution in [2.75, 3.05) is 7.11 Å². The fourth-order valence-corrected chi connectivity index (χ4v) is 3.22. The standard InChI is InChI=1S/C23H19NO4/c1-27-21(25)13-19-12-18-7-4-8-20(22(18)24-23(19)26)28-14-15-9-10-16-5-2-3-6-17(16)11-15/h2-12H,13-14H2,1H3,(H,24,26). The van der Waals surface area contributed by atoms with Crippen LogP contribution in [0.5, 0.6) is 5.75 Å². The number of para-hydroxylation sites is 1. The van der Waals surface area contributed by atoms with Gasteiger partial charge in [-0.05, 0) is 34.5 Å². The highest BCUT2D eigenvalue weighted by molar-refractivity contribution is 5.86. The van der Waals surface area contributed by atoms with Gasteiger partial charge in [-0.25, -0.2) is 0 Å². The molecule has 0 aliphatic rings. The number of H-pyrrole nitrogens is 1. The van der Waals surface area contributed by atoms with Crippen molar-refractivity contribution < 1.29 is 14.3 Å². The molecule has 0 radical (unpaired) electrons. The molecule has 5 heteroatoms. The van der Waals surface area contributed by atoms with Crippen molar-refractivity contribution in [2.24, 2.45) is 0 Å². The van der Waals surface area contributed by atoms with E-state index in [1.54, 1.807) is 6.07 Å². The molecule has 4 rings (SSSR count). The van der Waals surface area contributed by atoms with Crippen LogP contribution in [0, 0.1) is 0 Å². The Hall–Kier alpha value is -3.60. The van der Waals surface area contributed by atoms with E-state index in [1.807, 2.05) is 36.4 Å². The zero-order valence-electron chi connectivity index (χ0n) is 15.4. The fourth-order valence-electron chi connectivity index (χ4n) is 3.22. The second-order valence-electron chi connectivity index (χ2n) is 6.57. The van der Waals surface area contributed by atoms with E-state index in [9.17, 15) is 9.59 Å². The Bertz CT molecular complexity index is 1230. The summed E-state index contributed by atoms with van der Waals surface area (Å²) in [6.45, 7) is 0.385. The average Bonchev–Trinajstić information content (AvgIpc) is 2.72. The topological polar surface area (TPSA) is 68.4 Å². The van der Waals surface area contributed by atoms with Gasteiger partial charge in [-0.3, -0.25) is 9.59 Å². The van der Waals surface area contributed by atoms with Gasteiger partial charge >= 0.3 is 5.97 Å². The monoisotopic (exact) mass is 373 g/mol. The van der Waals surface area contributed by atoms with Crippen molar-refractivity contribution in [3.63, 3.8) is 0 Å². The summed E-state index contributed by atoms with van der Waals surface area (Å²) in [5.41, 5.74) is 1.70. The van der Waals surface area contributed by atoms with Crippen molar-refractivity contribution in [2.45, 2.75) is 13.0 Å². The maximum atomic E-state index is 12.3. The Kier molecular flexibility index (Phi) is 4.81. The van der Waals surface area contributed by atoms with Crippen LogP contribution in [0.2, 0.25) is 0 Å². The van der Waals surface area contributed by atoms with Gasteiger partial charge in [0.15, 0.2) is 0 Å². The largest absolute Gasteiger partial charge is 0.487 e. The summed E-state index contributed by atoms with van der Waals surface area (Å²) < 4.78 is 10.6. The number of fused-ring (bicyclic) bond motifs is 2. The van der Waals surface area contributed by atoms with Gasteiger partial charge < -0.3 is 14.5 Å². The van der Waals surface area contributed by atoms with Crippen LogP contribution in [-0.4, -0.2) is 18.1 Å². The summed E-state index contributed by atoms with van der Waals surface area (Å²) in [6.07, 6.45) is -0.0655. The lowest BCUT2D eigenvalue weighted by molar-refractivity contribution is -0.139. The van der Waals surface area contributed by atoms with Crippen molar-refractivity contribution in [1.82, 2.24) is 4.98 Å². The van der Waals surface area contributed by atoms with E-state index in [0.29, 0.717) is 23.4 Å². The van der Waals surface area contributed by atoms with Gasteiger partial charge in [-0.15, -0.1) is 0 Å². The van der Waals surface area contributed by atoms with Gasteiger partial charge in [0.1, 0.15) is 12.4 Å². The molecule has 1 N–H and O–H groups in total. The number of carbonyl (C=O) groups excluding carboxylic acids is 1. The molecule has 0 spiro atoms. The summed E-state index contributed by atoms with van der Waals surface area (Å²) in [6, 6.07) is 21.6. The summed E-state index contributed by atoms with van der Waals surface area (Å²) in [5, 5.41) is 3.13. The van der Waals surface area contributed by atoms with Crippen LogP contribution in [0.3, 0.4) is 0 Å². The number of nitrogens with one attached hydrogen (secondary N) is 1. The van der Waals surface area contributed by atoms with Gasteiger partial charge in [0.25, 0.3) is 5.56 Å².